The first-order chi connectivity index (χ1) is 23.2. The van der Waals surface area contributed by atoms with Gasteiger partial charge >= 0.3 is 17.9 Å². The van der Waals surface area contributed by atoms with Crippen molar-refractivity contribution < 1.29 is 29.3 Å². The third kappa shape index (κ3) is 5.56. The van der Waals surface area contributed by atoms with E-state index in [4.69, 9.17) is 4.74 Å². The molecule has 0 radical (unpaired) electrons. The van der Waals surface area contributed by atoms with E-state index in [1.807, 2.05) is 12.1 Å². The first-order valence-corrected chi connectivity index (χ1v) is 19.2. The normalized spacial score (nSPS) is 40.1. The van der Waals surface area contributed by atoms with E-state index in [0.29, 0.717) is 29.6 Å². The Morgan fingerprint density at radius 2 is 1.54 bits per heavy atom. The predicted octanol–water partition coefficient (Wildman–Crippen LogP) is 9.81. The lowest BCUT2D eigenvalue weighted by molar-refractivity contribution is -0.247. The van der Waals surface area contributed by atoms with Gasteiger partial charge in [-0.15, -0.1) is 0 Å². The third-order valence-electron chi connectivity index (χ3n) is 16.0. The summed E-state index contributed by atoms with van der Waals surface area (Å²) in [6.45, 7) is 22.3. The maximum Gasteiger partial charge on any atom is 0.335 e. The second-order valence-corrected chi connectivity index (χ2v) is 19.2. The number of carboxylic acid groups (broad SMARTS) is 2. The SMILES string of the molecule is C=C(C)[C@@H]1CC[C@]2(C#Cc3ccc(C(=O)O)cc3)CC[C@]3(C)C(CCC4[C@@]5(C)CC[C@H](OC(=O)CC(C)(C)C(=O)O)C(C)(C)C5CC[C@]43C)C12. The molecule has 6 heteroatoms. The number of carbonyl (C=O) groups excluding carboxylic acids is 1. The van der Waals surface area contributed by atoms with Crippen molar-refractivity contribution in [2.75, 3.05) is 0 Å². The molecule has 0 saturated heterocycles. The van der Waals surface area contributed by atoms with Crippen molar-refractivity contribution in [1.29, 1.82) is 0 Å². The lowest BCUT2D eigenvalue weighted by Crippen LogP contribution is -2.66. The van der Waals surface area contributed by atoms with E-state index in [2.05, 4.69) is 60.0 Å². The zero-order chi connectivity index (χ0) is 36.7. The molecule has 0 aromatic heterocycles. The van der Waals surface area contributed by atoms with Gasteiger partial charge in [0.05, 0.1) is 17.4 Å². The summed E-state index contributed by atoms with van der Waals surface area (Å²) < 4.78 is 6.17. The van der Waals surface area contributed by atoms with Gasteiger partial charge in [-0.2, -0.15) is 0 Å². The molecule has 0 aliphatic heterocycles. The third-order valence-corrected chi connectivity index (χ3v) is 16.0. The Labute approximate surface area is 300 Å². The number of esters is 1. The van der Waals surface area contributed by atoms with Crippen molar-refractivity contribution in [1.82, 2.24) is 0 Å². The Balaban J connectivity index is 1.27. The van der Waals surface area contributed by atoms with Crippen molar-refractivity contribution in [2.45, 2.75) is 132 Å². The van der Waals surface area contributed by atoms with Crippen LogP contribution >= 0.6 is 0 Å². The smallest absolute Gasteiger partial charge is 0.335 e. The summed E-state index contributed by atoms with van der Waals surface area (Å²) in [6, 6.07) is 7.00. The fourth-order valence-corrected chi connectivity index (χ4v) is 13.1. The van der Waals surface area contributed by atoms with Crippen LogP contribution in [0.4, 0.5) is 0 Å². The molecule has 5 aliphatic carbocycles. The first-order valence-electron chi connectivity index (χ1n) is 19.2. The van der Waals surface area contributed by atoms with Crippen LogP contribution in [0.2, 0.25) is 0 Å². The summed E-state index contributed by atoms with van der Waals surface area (Å²) >= 11 is 0. The number of fused-ring (bicyclic) bond motifs is 7. The molecule has 1 aromatic rings. The summed E-state index contributed by atoms with van der Waals surface area (Å²) in [5.41, 5.74) is 1.54. The highest BCUT2D eigenvalue weighted by molar-refractivity contribution is 5.87. The van der Waals surface area contributed by atoms with E-state index in [-0.39, 0.29) is 45.2 Å². The molecule has 4 unspecified atom stereocenters. The van der Waals surface area contributed by atoms with Crippen LogP contribution in [0.25, 0.3) is 0 Å². The van der Waals surface area contributed by atoms with Crippen molar-refractivity contribution in [3.05, 3.63) is 47.5 Å². The Morgan fingerprint density at radius 1 is 0.860 bits per heavy atom. The monoisotopic (exact) mass is 684 g/mol. The van der Waals surface area contributed by atoms with E-state index in [1.54, 1.807) is 26.0 Å². The number of carbonyl (C=O) groups is 3. The number of ether oxygens (including phenoxy) is 1. The fourth-order valence-electron chi connectivity index (χ4n) is 13.1. The lowest BCUT2D eigenvalue weighted by atomic mass is 9.32. The lowest BCUT2D eigenvalue weighted by Gasteiger charge is -2.72. The van der Waals surface area contributed by atoms with Gasteiger partial charge in [0.1, 0.15) is 6.10 Å². The van der Waals surface area contributed by atoms with Crippen LogP contribution in [0, 0.1) is 73.9 Å². The summed E-state index contributed by atoms with van der Waals surface area (Å²) in [5, 5.41) is 19.0. The average molecular weight is 685 g/mol. The van der Waals surface area contributed by atoms with Crippen LogP contribution < -0.4 is 0 Å². The van der Waals surface area contributed by atoms with Gasteiger partial charge in [0.15, 0.2) is 0 Å². The molecule has 0 amide bonds. The van der Waals surface area contributed by atoms with Gasteiger partial charge in [0.2, 0.25) is 0 Å². The minimum absolute atomic E-state index is 0.0529. The van der Waals surface area contributed by atoms with E-state index in [0.717, 1.165) is 44.1 Å². The molecule has 0 heterocycles. The molecule has 1 aromatic carbocycles. The molecule has 0 bridgehead atoms. The second kappa shape index (κ2) is 12.3. The van der Waals surface area contributed by atoms with Gasteiger partial charge in [0, 0.05) is 16.4 Å². The Morgan fingerprint density at radius 3 is 2.16 bits per heavy atom. The van der Waals surface area contributed by atoms with Gasteiger partial charge in [-0.1, -0.05) is 58.6 Å². The number of aliphatic carboxylic acids is 1. The van der Waals surface area contributed by atoms with Gasteiger partial charge in [-0.3, -0.25) is 9.59 Å². The van der Waals surface area contributed by atoms with Crippen LogP contribution in [-0.2, 0) is 14.3 Å². The topological polar surface area (TPSA) is 101 Å². The molecule has 0 spiro atoms. The Bertz CT molecular complexity index is 1630. The fraction of sp³-hybridized carbons (Fsp3) is 0.705. The summed E-state index contributed by atoms with van der Waals surface area (Å²) in [7, 11) is 0. The van der Waals surface area contributed by atoms with Crippen molar-refractivity contribution in [3.63, 3.8) is 0 Å². The molecule has 2 N–H and O–H groups in total. The van der Waals surface area contributed by atoms with Crippen molar-refractivity contribution in [2.24, 2.45) is 62.1 Å². The molecular weight excluding hydrogens is 624 g/mol. The molecule has 5 fully saturated rings. The largest absolute Gasteiger partial charge is 0.481 e. The number of carboxylic acids is 2. The van der Waals surface area contributed by atoms with Crippen LogP contribution in [0.3, 0.4) is 0 Å². The molecule has 10 atom stereocenters. The number of hydrogen-bond donors (Lipinski definition) is 2. The highest BCUT2D eigenvalue weighted by atomic mass is 16.5. The van der Waals surface area contributed by atoms with Crippen LogP contribution in [-0.4, -0.2) is 34.2 Å². The maximum atomic E-state index is 13.1. The second-order valence-electron chi connectivity index (χ2n) is 19.2. The molecule has 272 valence electrons. The van der Waals surface area contributed by atoms with Crippen molar-refractivity contribution >= 4 is 17.9 Å². The standard InChI is InChI=1S/C44H60O6/c1-27(2)30-17-23-44(22-16-28-10-12-29(13-11-28)37(46)47)25-24-42(8)31(36(30)44)14-15-33-41(7)20-19-34(50-35(45)26-39(3,4)38(48)49)40(5,6)32(41)18-21-43(33,42)9/h10-13,30-34,36H,1,14-15,17-21,23-26H2,2-9H3,(H,46,47)(H,48,49)/t30-,31?,32?,33?,34-,36?,41-,42+,43+,44+/m0/s1. The van der Waals surface area contributed by atoms with E-state index < -0.39 is 23.3 Å². The molecule has 6 nitrogen and oxygen atoms in total. The average Bonchev–Trinajstić information content (AvgIpc) is 3.42. The molecule has 6 rings (SSSR count). The number of allylic oxidation sites excluding steroid dienone is 1. The Hall–Kier alpha value is -3.07. The highest BCUT2D eigenvalue weighted by Gasteiger charge is 2.71. The quantitative estimate of drug-likeness (QED) is 0.176. The van der Waals surface area contributed by atoms with Crippen molar-refractivity contribution in [3.8, 4) is 11.8 Å². The zero-order valence-corrected chi connectivity index (χ0v) is 31.8. The van der Waals surface area contributed by atoms with E-state index in [1.165, 1.54) is 31.3 Å². The number of aromatic carboxylic acids is 1. The molecule has 50 heavy (non-hydrogen) atoms. The maximum absolute atomic E-state index is 13.1. The van der Waals surface area contributed by atoms with Crippen LogP contribution in [0.1, 0.15) is 142 Å². The minimum atomic E-state index is -1.15. The zero-order valence-electron chi connectivity index (χ0n) is 31.8. The number of rotatable bonds is 6. The number of benzene rings is 1. The van der Waals surface area contributed by atoms with E-state index >= 15 is 0 Å². The van der Waals surface area contributed by atoms with E-state index in [9.17, 15) is 24.6 Å². The summed E-state index contributed by atoms with van der Waals surface area (Å²) in [6.07, 6.45) is 10.7. The molecule has 5 saturated carbocycles. The van der Waals surface area contributed by atoms with Gasteiger partial charge < -0.3 is 14.9 Å². The van der Waals surface area contributed by atoms with Crippen LogP contribution in [0.5, 0.6) is 0 Å². The van der Waals surface area contributed by atoms with Gasteiger partial charge in [0.25, 0.3) is 0 Å². The minimum Gasteiger partial charge on any atom is -0.481 e. The molecule has 5 aliphatic rings. The first kappa shape index (κ1) is 36.7. The van der Waals surface area contributed by atoms with Crippen LogP contribution in [0.15, 0.2) is 36.4 Å². The van der Waals surface area contributed by atoms with Gasteiger partial charge in [-0.25, -0.2) is 4.79 Å². The summed E-state index contributed by atoms with van der Waals surface area (Å²) in [5.74, 6) is 7.59. The Kier molecular flexibility index (Phi) is 9.01. The highest BCUT2D eigenvalue weighted by Crippen LogP contribution is 2.77. The predicted molar refractivity (Wildman–Crippen MR) is 195 cm³/mol. The number of hydrogen-bond acceptors (Lipinski definition) is 4. The summed E-state index contributed by atoms with van der Waals surface area (Å²) in [4.78, 5) is 36.2. The van der Waals surface area contributed by atoms with Gasteiger partial charge in [-0.05, 0) is 155 Å². The molecular formula is C44H60O6.